The molecular formula is C15H16N2O3S. The zero-order chi connectivity index (χ0) is 15.4. The topological polar surface area (TPSA) is 79.3 Å². The van der Waals surface area contributed by atoms with Gasteiger partial charge in [-0.3, -0.25) is 9.00 Å². The third-order valence-electron chi connectivity index (χ3n) is 2.80. The Morgan fingerprint density at radius 1 is 1.24 bits per heavy atom. The summed E-state index contributed by atoms with van der Waals surface area (Å²) in [5.74, 6) is -0.369. The van der Waals surface area contributed by atoms with Crippen molar-refractivity contribution in [3.8, 4) is 5.75 Å². The summed E-state index contributed by atoms with van der Waals surface area (Å²) in [6.45, 7) is 3.75. The first kappa shape index (κ1) is 15.2. The van der Waals surface area contributed by atoms with Gasteiger partial charge < -0.3 is 10.4 Å². The smallest absolute Gasteiger partial charge is 0.256 e. The summed E-state index contributed by atoms with van der Waals surface area (Å²) in [7, 11) is -1.08. The predicted molar refractivity (Wildman–Crippen MR) is 81.8 cm³/mol. The lowest BCUT2D eigenvalue weighted by molar-refractivity contribution is 0.102. The van der Waals surface area contributed by atoms with E-state index in [-0.39, 0.29) is 22.7 Å². The van der Waals surface area contributed by atoms with Crippen molar-refractivity contribution in [2.75, 3.05) is 5.32 Å². The normalized spacial score (nSPS) is 12.1. The average Bonchev–Trinajstić information content (AvgIpc) is 2.49. The molecule has 1 aromatic heterocycles. The monoisotopic (exact) mass is 304 g/mol. The molecule has 6 heteroatoms. The molecule has 1 unspecified atom stereocenters. The van der Waals surface area contributed by atoms with Crippen LogP contribution in [0.25, 0.3) is 0 Å². The van der Waals surface area contributed by atoms with Crippen LogP contribution >= 0.6 is 0 Å². The maximum atomic E-state index is 12.0. The van der Waals surface area contributed by atoms with E-state index in [2.05, 4.69) is 10.3 Å². The summed E-state index contributed by atoms with van der Waals surface area (Å²) in [6.07, 6.45) is 1.48. The fourth-order valence-electron chi connectivity index (χ4n) is 1.69. The van der Waals surface area contributed by atoms with Gasteiger partial charge in [0.1, 0.15) is 0 Å². The molecule has 0 aliphatic rings. The van der Waals surface area contributed by atoms with E-state index in [0.717, 1.165) is 0 Å². The quantitative estimate of drug-likeness (QED) is 0.910. The Balaban J connectivity index is 2.14. The van der Waals surface area contributed by atoms with Crippen molar-refractivity contribution < 1.29 is 14.1 Å². The van der Waals surface area contributed by atoms with E-state index >= 15 is 0 Å². The molecule has 1 atom stereocenters. The number of nitrogens with zero attached hydrogens (tertiary/aromatic N) is 1. The van der Waals surface area contributed by atoms with Gasteiger partial charge in [-0.05, 0) is 36.4 Å². The van der Waals surface area contributed by atoms with Crippen molar-refractivity contribution in [1.82, 2.24) is 4.98 Å². The van der Waals surface area contributed by atoms with Gasteiger partial charge in [0.05, 0.1) is 10.8 Å². The van der Waals surface area contributed by atoms with Gasteiger partial charge in [-0.2, -0.15) is 0 Å². The van der Waals surface area contributed by atoms with Crippen LogP contribution in [0.4, 0.5) is 5.82 Å². The van der Waals surface area contributed by atoms with Gasteiger partial charge in [-0.1, -0.05) is 13.8 Å². The largest absolute Gasteiger partial charge is 0.504 e. The molecule has 0 spiro atoms. The summed E-state index contributed by atoms with van der Waals surface area (Å²) in [4.78, 5) is 16.6. The molecule has 0 saturated carbocycles. The first-order valence-corrected chi connectivity index (χ1v) is 7.66. The van der Waals surface area contributed by atoms with Gasteiger partial charge >= 0.3 is 0 Å². The van der Waals surface area contributed by atoms with Crippen molar-refractivity contribution >= 4 is 22.5 Å². The van der Waals surface area contributed by atoms with Crippen molar-refractivity contribution in [2.24, 2.45) is 0 Å². The Bertz CT molecular complexity index is 669. The second-order valence-electron chi connectivity index (χ2n) is 4.70. The van der Waals surface area contributed by atoms with Gasteiger partial charge in [0.25, 0.3) is 5.91 Å². The second kappa shape index (κ2) is 6.49. The average molecular weight is 304 g/mol. The molecule has 110 valence electrons. The Kier molecular flexibility index (Phi) is 4.70. The molecule has 0 bridgehead atoms. The van der Waals surface area contributed by atoms with E-state index in [4.69, 9.17) is 0 Å². The highest BCUT2D eigenvalue weighted by molar-refractivity contribution is 7.85. The molecule has 2 aromatic rings. The molecule has 0 saturated heterocycles. The van der Waals surface area contributed by atoms with Gasteiger partial charge in [-0.15, -0.1) is 0 Å². The van der Waals surface area contributed by atoms with E-state index < -0.39 is 10.8 Å². The van der Waals surface area contributed by atoms with E-state index in [0.29, 0.717) is 10.5 Å². The number of carbonyl (C=O) groups is 1. The minimum atomic E-state index is -1.08. The fourth-order valence-corrected chi connectivity index (χ4v) is 2.63. The fraction of sp³-hybridized carbons (Fsp3) is 0.200. The number of rotatable bonds is 4. The summed E-state index contributed by atoms with van der Waals surface area (Å²) >= 11 is 0. The van der Waals surface area contributed by atoms with Crippen molar-refractivity contribution in [3.63, 3.8) is 0 Å². The third-order valence-corrected chi connectivity index (χ3v) is 4.39. The Morgan fingerprint density at radius 3 is 2.48 bits per heavy atom. The SMILES string of the molecule is CC(C)S(=O)c1ccc(C(=O)Nc2ncccc2O)cc1. The van der Waals surface area contributed by atoms with Crippen LogP contribution in [0.5, 0.6) is 5.75 Å². The highest BCUT2D eigenvalue weighted by Gasteiger charge is 2.12. The molecule has 0 aliphatic carbocycles. The number of aromatic nitrogens is 1. The van der Waals surface area contributed by atoms with Crippen LogP contribution < -0.4 is 5.32 Å². The van der Waals surface area contributed by atoms with Gasteiger partial charge in [0, 0.05) is 21.9 Å². The number of carbonyl (C=O) groups excluding carboxylic acids is 1. The van der Waals surface area contributed by atoms with E-state index in [9.17, 15) is 14.1 Å². The summed E-state index contributed by atoms with van der Waals surface area (Å²) in [5.41, 5.74) is 0.407. The van der Waals surface area contributed by atoms with Crippen LogP contribution in [0, 0.1) is 0 Å². The lowest BCUT2D eigenvalue weighted by atomic mass is 10.2. The predicted octanol–water partition coefficient (Wildman–Crippen LogP) is 2.56. The van der Waals surface area contributed by atoms with Gasteiger partial charge in [0.15, 0.2) is 11.6 Å². The highest BCUT2D eigenvalue weighted by atomic mass is 32.2. The number of nitrogens with one attached hydrogen (secondary N) is 1. The zero-order valence-corrected chi connectivity index (χ0v) is 12.6. The molecular weight excluding hydrogens is 288 g/mol. The minimum absolute atomic E-state index is 0.0233. The Labute approximate surface area is 125 Å². The van der Waals surface area contributed by atoms with Crippen molar-refractivity contribution in [1.29, 1.82) is 0 Å². The first-order valence-electron chi connectivity index (χ1n) is 6.45. The number of amides is 1. The Morgan fingerprint density at radius 2 is 1.90 bits per heavy atom. The van der Waals surface area contributed by atoms with Crippen LogP contribution in [-0.2, 0) is 10.8 Å². The second-order valence-corrected chi connectivity index (χ2v) is 6.70. The molecule has 5 nitrogen and oxygen atoms in total. The maximum Gasteiger partial charge on any atom is 0.256 e. The lowest BCUT2D eigenvalue weighted by Crippen LogP contribution is -2.13. The Hall–Kier alpha value is -2.21. The lowest BCUT2D eigenvalue weighted by Gasteiger charge is -2.08. The van der Waals surface area contributed by atoms with Crippen molar-refractivity contribution in [3.05, 3.63) is 48.2 Å². The summed E-state index contributed by atoms with van der Waals surface area (Å²) in [6, 6.07) is 9.56. The molecule has 1 aromatic carbocycles. The summed E-state index contributed by atoms with van der Waals surface area (Å²) < 4.78 is 11.9. The molecule has 0 aliphatic heterocycles. The third kappa shape index (κ3) is 3.66. The molecule has 1 amide bonds. The van der Waals surface area contributed by atoms with Crippen LogP contribution in [0.15, 0.2) is 47.5 Å². The molecule has 2 rings (SSSR count). The first-order chi connectivity index (χ1) is 9.99. The van der Waals surface area contributed by atoms with Crippen molar-refractivity contribution in [2.45, 2.75) is 24.0 Å². The number of pyridine rings is 1. The number of benzene rings is 1. The molecule has 0 fully saturated rings. The van der Waals surface area contributed by atoms with Crippen LogP contribution in [0.2, 0.25) is 0 Å². The van der Waals surface area contributed by atoms with Gasteiger partial charge in [-0.25, -0.2) is 4.98 Å². The molecule has 21 heavy (non-hydrogen) atoms. The van der Waals surface area contributed by atoms with E-state index in [1.807, 2.05) is 13.8 Å². The van der Waals surface area contributed by atoms with Crippen LogP contribution in [0.3, 0.4) is 0 Å². The molecule has 2 N–H and O–H groups in total. The number of hydrogen-bond donors (Lipinski definition) is 2. The number of anilines is 1. The van der Waals surface area contributed by atoms with Crippen LogP contribution in [-0.4, -0.2) is 25.5 Å². The standard InChI is InChI=1S/C15H16N2O3S/c1-10(2)21(20)12-7-5-11(6-8-12)15(19)17-14-13(18)4-3-9-16-14/h3-10,18H,1-2H3,(H,16,17,19). The maximum absolute atomic E-state index is 12.0. The summed E-state index contributed by atoms with van der Waals surface area (Å²) in [5, 5.41) is 12.1. The molecule has 1 heterocycles. The number of hydrogen-bond acceptors (Lipinski definition) is 4. The highest BCUT2D eigenvalue weighted by Crippen LogP contribution is 2.19. The minimum Gasteiger partial charge on any atom is -0.504 e. The zero-order valence-electron chi connectivity index (χ0n) is 11.7. The van der Waals surface area contributed by atoms with E-state index in [1.165, 1.54) is 12.3 Å². The van der Waals surface area contributed by atoms with Crippen LogP contribution in [0.1, 0.15) is 24.2 Å². The van der Waals surface area contributed by atoms with E-state index in [1.54, 1.807) is 30.3 Å². The van der Waals surface area contributed by atoms with Gasteiger partial charge in [0.2, 0.25) is 0 Å². The molecule has 0 radical (unpaired) electrons. The number of aromatic hydroxyl groups is 1.